The monoisotopic (exact) mass is 421 g/mol. The number of sulfonamides is 1. The van der Waals surface area contributed by atoms with Gasteiger partial charge in [0.25, 0.3) is 0 Å². The van der Waals surface area contributed by atoms with Gasteiger partial charge in [0, 0.05) is 24.8 Å². The summed E-state index contributed by atoms with van der Waals surface area (Å²) in [6.45, 7) is 7.75. The Balaban J connectivity index is 1.71. The molecule has 1 heterocycles. The lowest BCUT2D eigenvalue weighted by molar-refractivity contribution is -0.118. The zero-order valence-electron chi connectivity index (χ0n) is 18.0. The molecule has 1 N–H and O–H groups in total. The molecule has 0 radical (unpaired) electrons. The van der Waals surface area contributed by atoms with Crippen molar-refractivity contribution in [1.82, 2.24) is 9.21 Å². The molecule has 1 amide bonds. The summed E-state index contributed by atoms with van der Waals surface area (Å²) in [5.74, 6) is 0.672. The highest BCUT2D eigenvalue weighted by Crippen LogP contribution is 2.35. The summed E-state index contributed by atoms with van der Waals surface area (Å²) >= 11 is 0. The first kappa shape index (κ1) is 22.2. The first-order valence-corrected chi connectivity index (χ1v) is 12.5. The lowest BCUT2D eigenvalue weighted by Crippen LogP contribution is -2.49. The molecule has 0 bridgehead atoms. The van der Waals surface area contributed by atoms with Crippen LogP contribution >= 0.6 is 0 Å². The van der Waals surface area contributed by atoms with Gasteiger partial charge in [-0.15, -0.1) is 0 Å². The number of hydrogen-bond acceptors (Lipinski definition) is 4. The molecule has 0 aromatic heterocycles. The van der Waals surface area contributed by atoms with Crippen molar-refractivity contribution in [3.8, 4) is 0 Å². The molecule has 0 unspecified atom stereocenters. The molecule has 1 aliphatic carbocycles. The quantitative estimate of drug-likeness (QED) is 0.730. The smallest absolute Gasteiger partial charge is 0.243 e. The molecule has 1 aromatic carbocycles. The van der Waals surface area contributed by atoms with Gasteiger partial charge >= 0.3 is 0 Å². The summed E-state index contributed by atoms with van der Waals surface area (Å²) in [6.07, 6.45) is 7.48. The third-order valence-corrected chi connectivity index (χ3v) is 8.58. The molecule has 1 saturated carbocycles. The van der Waals surface area contributed by atoms with Gasteiger partial charge in [0.1, 0.15) is 0 Å². The number of aryl methyl sites for hydroxylation is 1. The van der Waals surface area contributed by atoms with Crippen LogP contribution in [0.25, 0.3) is 0 Å². The molecule has 1 aliphatic heterocycles. The number of rotatable bonds is 7. The highest BCUT2D eigenvalue weighted by molar-refractivity contribution is 7.89. The third kappa shape index (κ3) is 5.01. The van der Waals surface area contributed by atoms with Crippen LogP contribution in [0.2, 0.25) is 0 Å². The molecule has 2 atom stereocenters. The fourth-order valence-electron chi connectivity index (χ4n) is 4.91. The van der Waals surface area contributed by atoms with Crippen LogP contribution in [0, 0.1) is 12.8 Å². The number of nitrogens with zero attached hydrogens (tertiary/aromatic N) is 2. The number of nitrogens with one attached hydrogen (secondary N) is 1. The molecule has 2 aliphatic rings. The zero-order valence-corrected chi connectivity index (χ0v) is 18.8. The SMILES string of the molecule is CCN(CC)S(=O)(=O)c1ccc(C)c(NC(=O)CN2CCC[C@H]3CCCC[C@@H]32)c1. The number of anilines is 1. The van der Waals surface area contributed by atoms with Crippen molar-refractivity contribution in [2.24, 2.45) is 5.92 Å². The number of carbonyl (C=O) groups excluding carboxylic acids is 1. The van der Waals surface area contributed by atoms with Crippen molar-refractivity contribution in [3.63, 3.8) is 0 Å². The Kier molecular flexibility index (Phi) is 7.35. The number of fused-ring (bicyclic) bond motifs is 1. The molecule has 7 heteroatoms. The van der Waals surface area contributed by atoms with Crippen LogP contribution in [0.1, 0.15) is 57.9 Å². The molecule has 0 spiro atoms. The van der Waals surface area contributed by atoms with Crippen LogP contribution in [0.15, 0.2) is 23.1 Å². The van der Waals surface area contributed by atoms with E-state index in [1.165, 1.54) is 36.4 Å². The predicted octanol–water partition coefficient (Wildman–Crippen LogP) is 3.62. The Bertz CT molecular complexity index is 819. The summed E-state index contributed by atoms with van der Waals surface area (Å²) in [6, 6.07) is 5.51. The van der Waals surface area contributed by atoms with Gasteiger partial charge in [0.15, 0.2) is 0 Å². The van der Waals surface area contributed by atoms with Gasteiger partial charge < -0.3 is 5.32 Å². The number of likely N-dealkylation sites (tertiary alicyclic amines) is 1. The van der Waals surface area contributed by atoms with Crippen LogP contribution in [0.4, 0.5) is 5.69 Å². The second-order valence-electron chi connectivity index (χ2n) is 8.34. The molecule has 1 aromatic rings. The second-order valence-corrected chi connectivity index (χ2v) is 10.3. The maximum absolute atomic E-state index is 12.8. The first-order chi connectivity index (χ1) is 13.9. The van der Waals surface area contributed by atoms with Crippen molar-refractivity contribution in [1.29, 1.82) is 0 Å². The molecule has 1 saturated heterocycles. The van der Waals surface area contributed by atoms with E-state index in [1.807, 2.05) is 20.8 Å². The average Bonchev–Trinajstić information content (AvgIpc) is 2.70. The minimum Gasteiger partial charge on any atom is -0.325 e. The van der Waals surface area contributed by atoms with Gasteiger partial charge in [0.05, 0.1) is 11.4 Å². The Morgan fingerprint density at radius 1 is 1.14 bits per heavy atom. The highest BCUT2D eigenvalue weighted by Gasteiger charge is 2.34. The summed E-state index contributed by atoms with van der Waals surface area (Å²) < 4.78 is 27.1. The van der Waals surface area contributed by atoms with Gasteiger partial charge in [-0.3, -0.25) is 9.69 Å². The van der Waals surface area contributed by atoms with E-state index in [1.54, 1.807) is 18.2 Å². The minimum atomic E-state index is -3.55. The summed E-state index contributed by atoms with van der Waals surface area (Å²) in [5, 5.41) is 2.98. The van der Waals surface area contributed by atoms with Gasteiger partial charge in [0.2, 0.25) is 15.9 Å². The van der Waals surface area contributed by atoms with Crippen LogP contribution < -0.4 is 5.32 Å². The van der Waals surface area contributed by atoms with Crippen molar-refractivity contribution in [3.05, 3.63) is 23.8 Å². The normalized spacial score (nSPS) is 23.0. The number of benzene rings is 1. The van der Waals surface area contributed by atoms with E-state index in [0.29, 0.717) is 31.4 Å². The largest absolute Gasteiger partial charge is 0.325 e. The van der Waals surface area contributed by atoms with E-state index in [0.717, 1.165) is 24.4 Å². The Morgan fingerprint density at radius 2 is 1.83 bits per heavy atom. The van der Waals surface area contributed by atoms with E-state index in [2.05, 4.69) is 10.2 Å². The van der Waals surface area contributed by atoms with Crippen LogP contribution in [-0.2, 0) is 14.8 Å². The average molecular weight is 422 g/mol. The summed E-state index contributed by atoms with van der Waals surface area (Å²) in [5.41, 5.74) is 1.45. The summed E-state index contributed by atoms with van der Waals surface area (Å²) in [7, 11) is -3.55. The zero-order chi connectivity index (χ0) is 21.0. The molecular weight excluding hydrogens is 386 g/mol. The van der Waals surface area contributed by atoms with Gasteiger partial charge in [-0.2, -0.15) is 4.31 Å². The van der Waals surface area contributed by atoms with Gasteiger partial charge in [-0.1, -0.05) is 32.8 Å². The highest BCUT2D eigenvalue weighted by atomic mass is 32.2. The third-order valence-electron chi connectivity index (χ3n) is 6.53. The van der Waals surface area contributed by atoms with Crippen molar-refractivity contribution in [2.75, 3.05) is 31.5 Å². The van der Waals surface area contributed by atoms with Crippen molar-refractivity contribution >= 4 is 21.6 Å². The van der Waals surface area contributed by atoms with E-state index in [4.69, 9.17) is 0 Å². The van der Waals surface area contributed by atoms with Crippen molar-refractivity contribution in [2.45, 2.75) is 70.2 Å². The van der Waals surface area contributed by atoms with Gasteiger partial charge in [-0.05, 0) is 62.8 Å². The topological polar surface area (TPSA) is 69.7 Å². The Labute approximate surface area is 175 Å². The predicted molar refractivity (Wildman–Crippen MR) is 116 cm³/mol. The Morgan fingerprint density at radius 3 is 2.55 bits per heavy atom. The van der Waals surface area contributed by atoms with Crippen LogP contribution in [0.5, 0.6) is 0 Å². The van der Waals surface area contributed by atoms with Gasteiger partial charge in [-0.25, -0.2) is 8.42 Å². The number of amides is 1. The fraction of sp³-hybridized carbons (Fsp3) is 0.682. The standard InChI is InChI=1S/C22H35N3O3S/c1-4-25(5-2)29(27,28)19-13-12-17(3)20(15-19)23-22(26)16-24-14-8-10-18-9-6-7-11-21(18)24/h12-13,15,18,21H,4-11,14,16H2,1-3H3,(H,23,26)/t18-,21+/m1/s1. The van der Waals surface area contributed by atoms with Crippen molar-refractivity contribution < 1.29 is 13.2 Å². The first-order valence-electron chi connectivity index (χ1n) is 11.0. The number of hydrogen-bond donors (Lipinski definition) is 1. The fourth-order valence-corrected chi connectivity index (χ4v) is 6.39. The molecule has 162 valence electrons. The van der Waals surface area contributed by atoms with E-state index in [9.17, 15) is 13.2 Å². The van der Waals surface area contributed by atoms with Crippen LogP contribution in [-0.4, -0.2) is 55.8 Å². The Hall–Kier alpha value is -1.44. The van der Waals surface area contributed by atoms with Crippen LogP contribution in [0.3, 0.4) is 0 Å². The maximum atomic E-state index is 12.8. The summed E-state index contributed by atoms with van der Waals surface area (Å²) in [4.78, 5) is 15.4. The van der Waals surface area contributed by atoms with E-state index >= 15 is 0 Å². The molecule has 29 heavy (non-hydrogen) atoms. The maximum Gasteiger partial charge on any atom is 0.243 e. The molecular formula is C22H35N3O3S. The molecule has 6 nitrogen and oxygen atoms in total. The molecule has 2 fully saturated rings. The lowest BCUT2D eigenvalue weighted by Gasteiger charge is -2.43. The second kappa shape index (κ2) is 9.58. The minimum absolute atomic E-state index is 0.0586. The number of carbonyl (C=O) groups is 1. The van der Waals surface area contributed by atoms with E-state index in [-0.39, 0.29) is 10.8 Å². The molecule has 3 rings (SSSR count). The lowest BCUT2D eigenvalue weighted by atomic mass is 9.78. The number of piperidine rings is 1. The van der Waals surface area contributed by atoms with E-state index < -0.39 is 10.0 Å².